The highest BCUT2D eigenvalue weighted by Gasteiger charge is 2.40. The van der Waals surface area contributed by atoms with Crippen molar-refractivity contribution in [2.45, 2.75) is 26.9 Å². The zero-order valence-electron chi connectivity index (χ0n) is 9.51. The smallest absolute Gasteiger partial charge is 0.293 e. The minimum Gasteiger partial charge on any atom is -0.293 e. The Hall–Kier alpha value is -1.33. The predicted octanol–water partition coefficient (Wildman–Crippen LogP) is 2.67. The second-order valence-corrected chi connectivity index (χ2v) is 4.64. The molecular weight excluding hydrogens is 221 g/mol. The van der Waals surface area contributed by atoms with Crippen LogP contribution in [0.15, 0.2) is 6.20 Å². The van der Waals surface area contributed by atoms with E-state index >= 15 is 0 Å². The van der Waals surface area contributed by atoms with Crippen LogP contribution in [0.1, 0.15) is 36.8 Å². The summed E-state index contributed by atoms with van der Waals surface area (Å²) < 4.78 is 38.7. The summed E-state index contributed by atoms with van der Waals surface area (Å²) in [6, 6.07) is 0. The summed E-state index contributed by atoms with van der Waals surface area (Å²) in [5.41, 5.74) is -2.35. The molecule has 1 aromatic heterocycles. The van der Waals surface area contributed by atoms with Gasteiger partial charge in [0.25, 0.3) is 0 Å². The first kappa shape index (κ1) is 12.7. The lowest BCUT2D eigenvalue weighted by molar-refractivity contribution is -0.141. The van der Waals surface area contributed by atoms with E-state index < -0.39 is 23.1 Å². The molecule has 0 amide bonds. The molecule has 90 valence electrons. The Labute approximate surface area is 91.3 Å². The maximum atomic E-state index is 12.6. The molecule has 0 spiro atoms. The molecule has 0 aromatic carbocycles. The van der Waals surface area contributed by atoms with Crippen molar-refractivity contribution >= 4 is 5.78 Å². The minimum absolute atomic E-state index is 0.373. The summed E-state index contributed by atoms with van der Waals surface area (Å²) in [7, 11) is 1.36. The molecule has 0 radical (unpaired) electrons. The number of ketones is 1. The minimum atomic E-state index is -4.60. The average Bonchev–Trinajstić information content (AvgIpc) is 2.43. The van der Waals surface area contributed by atoms with Gasteiger partial charge in [0.05, 0.1) is 5.56 Å². The highest BCUT2D eigenvalue weighted by Crippen LogP contribution is 2.33. The van der Waals surface area contributed by atoms with E-state index in [0.717, 1.165) is 10.9 Å². The van der Waals surface area contributed by atoms with Crippen molar-refractivity contribution < 1.29 is 18.0 Å². The number of alkyl halides is 3. The van der Waals surface area contributed by atoms with E-state index in [2.05, 4.69) is 5.10 Å². The summed E-state index contributed by atoms with van der Waals surface area (Å²) in [4.78, 5) is 11.8. The number of Topliss-reactive ketones (excluding diaryl/α,β-unsaturated/α-hetero) is 1. The molecule has 0 saturated heterocycles. The van der Waals surface area contributed by atoms with Gasteiger partial charge in [-0.1, -0.05) is 20.8 Å². The van der Waals surface area contributed by atoms with Crippen molar-refractivity contribution in [3.05, 3.63) is 17.5 Å². The number of halogens is 3. The molecule has 0 aliphatic carbocycles. The number of hydrogen-bond donors (Lipinski definition) is 0. The van der Waals surface area contributed by atoms with E-state index in [1.165, 1.54) is 7.05 Å². The first-order valence-corrected chi connectivity index (χ1v) is 4.69. The molecule has 6 heteroatoms. The van der Waals surface area contributed by atoms with E-state index in [1.807, 2.05) is 0 Å². The standard InChI is InChI=1S/C10H13F3N2O/c1-9(2,3)8(16)6-5-15(4)14-7(6)10(11,12)13/h5H,1-4H3. The number of carbonyl (C=O) groups is 1. The maximum absolute atomic E-state index is 12.6. The fourth-order valence-electron chi connectivity index (χ4n) is 1.27. The van der Waals surface area contributed by atoms with Crippen LogP contribution in [-0.4, -0.2) is 15.6 Å². The summed E-state index contributed by atoms with van der Waals surface area (Å²) in [5.74, 6) is -0.562. The summed E-state index contributed by atoms with van der Waals surface area (Å²) in [6.07, 6.45) is -3.49. The highest BCUT2D eigenvalue weighted by molar-refractivity contribution is 6.00. The Balaban J connectivity index is 3.30. The van der Waals surface area contributed by atoms with Crippen LogP contribution in [0, 0.1) is 5.41 Å². The first-order chi connectivity index (χ1) is 7.03. The Morgan fingerprint density at radius 2 is 1.81 bits per heavy atom. The van der Waals surface area contributed by atoms with Crippen LogP contribution < -0.4 is 0 Å². The van der Waals surface area contributed by atoms with Crippen LogP contribution in [0.5, 0.6) is 0 Å². The molecule has 0 atom stereocenters. The molecule has 0 saturated carbocycles. The normalized spacial score (nSPS) is 12.9. The molecule has 0 fully saturated rings. The van der Waals surface area contributed by atoms with E-state index in [9.17, 15) is 18.0 Å². The number of rotatable bonds is 1. The van der Waals surface area contributed by atoms with Crippen LogP contribution in [0.3, 0.4) is 0 Å². The second-order valence-electron chi connectivity index (χ2n) is 4.64. The van der Waals surface area contributed by atoms with E-state index in [4.69, 9.17) is 0 Å². The van der Waals surface area contributed by atoms with Gasteiger partial charge in [-0.15, -0.1) is 0 Å². The molecular formula is C10H13F3N2O. The third-order valence-electron chi connectivity index (χ3n) is 2.02. The highest BCUT2D eigenvalue weighted by atomic mass is 19.4. The number of aryl methyl sites for hydroxylation is 1. The molecule has 0 unspecified atom stereocenters. The van der Waals surface area contributed by atoms with E-state index in [1.54, 1.807) is 20.8 Å². The van der Waals surface area contributed by atoms with Gasteiger partial charge in [-0.25, -0.2) is 0 Å². The monoisotopic (exact) mass is 234 g/mol. The zero-order chi connectivity index (χ0) is 12.7. The fourth-order valence-corrected chi connectivity index (χ4v) is 1.27. The van der Waals surface area contributed by atoms with Gasteiger partial charge < -0.3 is 0 Å². The third-order valence-corrected chi connectivity index (χ3v) is 2.02. The second kappa shape index (κ2) is 3.61. The van der Waals surface area contributed by atoms with Crippen LogP contribution >= 0.6 is 0 Å². The number of hydrogen-bond acceptors (Lipinski definition) is 2. The Morgan fingerprint density at radius 1 is 1.31 bits per heavy atom. The molecule has 0 bridgehead atoms. The van der Waals surface area contributed by atoms with Crippen molar-refractivity contribution in [2.24, 2.45) is 12.5 Å². The molecule has 1 rings (SSSR count). The molecule has 0 aliphatic rings. The van der Waals surface area contributed by atoms with Crippen LogP contribution in [0.4, 0.5) is 13.2 Å². The van der Waals surface area contributed by atoms with Gasteiger partial charge in [0.15, 0.2) is 11.5 Å². The third kappa shape index (κ3) is 2.43. The average molecular weight is 234 g/mol. The van der Waals surface area contributed by atoms with E-state index in [0.29, 0.717) is 0 Å². The fraction of sp³-hybridized carbons (Fsp3) is 0.600. The van der Waals surface area contributed by atoms with Gasteiger partial charge in [-0.05, 0) is 0 Å². The quantitative estimate of drug-likeness (QED) is 0.700. The lowest BCUT2D eigenvalue weighted by atomic mass is 9.86. The van der Waals surface area contributed by atoms with Crippen molar-refractivity contribution in [3.63, 3.8) is 0 Å². The number of nitrogens with zero attached hydrogens (tertiary/aromatic N) is 2. The number of carbonyl (C=O) groups excluding carboxylic acids is 1. The summed E-state index contributed by atoms with van der Waals surface area (Å²) in [5, 5.41) is 3.29. The largest absolute Gasteiger partial charge is 0.435 e. The molecule has 16 heavy (non-hydrogen) atoms. The van der Waals surface area contributed by atoms with Gasteiger partial charge in [-0.3, -0.25) is 9.48 Å². The van der Waals surface area contributed by atoms with Gasteiger partial charge in [-0.2, -0.15) is 18.3 Å². The molecule has 3 nitrogen and oxygen atoms in total. The van der Waals surface area contributed by atoms with Crippen molar-refractivity contribution in [1.29, 1.82) is 0 Å². The SMILES string of the molecule is Cn1cc(C(=O)C(C)(C)C)c(C(F)(F)F)n1. The Bertz CT molecular complexity index is 413. The molecule has 0 aliphatic heterocycles. The van der Waals surface area contributed by atoms with Crippen molar-refractivity contribution in [2.75, 3.05) is 0 Å². The lowest BCUT2D eigenvalue weighted by Crippen LogP contribution is -2.23. The van der Waals surface area contributed by atoms with Gasteiger partial charge in [0, 0.05) is 18.7 Å². The van der Waals surface area contributed by atoms with Crippen LogP contribution in [-0.2, 0) is 13.2 Å². The maximum Gasteiger partial charge on any atom is 0.435 e. The topological polar surface area (TPSA) is 34.9 Å². The molecule has 1 aromatic rings. The zero-order valence-corrected chi connectivity index (χ0v) is 9.51. The van der Waals surface area contributed by atoms with Crippen LogP contribution in [0.2, 0.25) is 0 Å². The molecule has 1 heterocycles. The van der Waals surface area contributed by atoms with Crippen molar-refractivity contribution in [1.82, 2.24) is 9.78 Å². The van der Waals surface area contributed by atoms with Crippen molar-refractivity contribution in [3.8, 4) is 0 Å². The van der Waals surface area contributed by atoms with Gasteiger partial charge in [0.2, 0.25) is 0 Å². The lowest BCUT2D eigenvalue weighted by Gasteiger charge is -2.16. The van der Waals surface area contributed by atoms with E-state index in [-0.39, 0.29) is 5.56 Å². The van der Waals surface area contributed by atoms with Gasteiger partial charge >= 0.3 is 6.18 Å². The predicted molar refractivity (Wildman–Crippen MR) is 52.0 cm³/mol. The summed E-state index contributed by atoms with van der Waals surface area (Å²) >= 11 is 0. The first-order valence-electron chi connectivity index (χ1n) is 4.69. The van der Waals surface area contributed by atoms with Gasteiger partial charge in [0.1, 0.15) is 0 Å². The Morgan fingerprint density at radius 3 is 2.19 bits per heavy atom. The van der Waals surface area contributed by atoms with Crippen LogP contribution in [0.25, 0.3) is 0 Å². The summed E-state index contributed by atoms with van der Waals surface area (Å²) in [6.45, 7) is 4.72. The Kier molecular flexibility index (Phi) is 2.87. The molecule has 0 N–H and O–H groups in total. The number of aromatic nitrogens is 2.